The number of hydrogen-bond donors (Lipinski definition) is 2. The van der Waals surface area contributed by atoms with Crippen molar-refractivity contribution in [2.45, 2.75) is 13.0 Å². The number of piperazine rings is 2. The van der Waals surface area contributed by atoms with Gasteiger partial charge in [0, 0.05) is 49.9 Å². The van der Waals surface area contributed by atoms with Crippen LogP contribution in [0.15, 0.2) is 23.8 Å². The summed E-state index contributed by atoms with van der Waals surface area (Å²) in [5, 5.41) is 13.4. The number of amides is 1. The Labute approximate surface area is 141 Å². The Morgan fingerprint density at radius 1 is 1.43 bits per heavy atom. The molecule has 0 radical (unpaired) electrons. The molecule has 3 rings (SSSR count). The predicted octanol–water partition coefficient (Wildman–Crippen LogP) is 1.56. The van der Waals surface area contributed by atoms with E-state index in [1.807, 2.05) is 13.0 Å². The van der Waals surface area contributed by atoms with Crippen molar-refractivity contribution in [2.24, 2.45) is 0 Å². The molecular weight excluding hydrogens is 314 g/mol. The first-order valence-electron chi connectivity index (χ1n) is 7.93. The molecule has 0 saturated carbocycles. The molecule has 0 unspecified atom stereocenters. The van der Waals surface area contributed by atoms with E-state index in [0.717, 1.165) is 50.4 Å². The zero-order valence-electron chi connectivity index (χ0n) is 13.3. The smallest absolute Gasteiger partial charge is 0.238 e. The van der Waals surface area contributed by atoms with Crippen molar-refractivity contribution in [2.75, 3.05) is 39.3 Å². The van der Waals surface area contributed by atoms with E-state index < -0.39 is 0 Å². The molecule has 2 aliphatic rings. The Kier molecular flexibility index (Phi) is 4.90. The molecule has 2 heterocycles. The van der Waals surface area contributed by atoms with Crippen LogP contribution >= 0.6 is 11.6 Å². The third-order valence-electron chi connectivity index (χ3n) is 4.44. The molecule has 2 fully saturated rings. The largest absolute Gasteiger partial charge is 0.507 e. The summed E-state index contributed by atoms with van der Waals surface area (Å²) in [5.41, 5.74) is 1.86. The van der Waals surface area contributed by atoms with Crippen LogP contribution in [0.5, 0.6) is 5.75 Å². The SMILES string of the molecule is C/C(=C\c1cc(Cl)ccc1O)CN1CCN2CCNC(=O)[C@@H]2C1. The molecule has 23 heavy (non-hydrogen) atoms. The minimum atomic E-state index is -0.0372. The Hall–Kier alpha value is -1.56. The molecule has 1 aromatic rings. The molecule has 2 N–H and O–H groups in total. The van der Waals surface area contributed by atoms with Crippen molar-refractivity contribution in [3.05, 3.63) is 34.4 Å². The molecule has 1 aromatic carbocycles. The monoisotopic (exact) mass is 335 g/mol. The van der Waals surface area contributed by atoms with E-state index in [2.05, 4.69) is 15.1 Å². The normalized spacial score (nSPS) is 23.5. The van der Waals surface area contributed by atoms with Crippen LogP contribution in [0.3, 0.4) is 0 Å². The third-order valence-corrected chi connectivity index (χ3v) is 4.68. The lowest BCUT2D eigenvalue weighted by Gasteiger charge is -2.43. The van der Waals surface area contributed by atoms with Crippen LogP contribution in [-0.4, -0.2) is 66.1 Å². The maximum absolute atomic E-state index is 12.0. The number of phenols is 1. The molecule has 0 bridgehead atoms. The molecule has 1 atom stereocenters. The number of halogens is 1. The standard InChI is InChI=1S/C17H22ClN3O2/c1-12(8-13-9-14(18)2-3-16(13)22)10-20-6-7-21-5-4-19-17(23)15(21)11-20/h2-3,8-9,15,22H,4-7,10-11H2,1H3,(H,19,23)/b12-8+/t15-/m0/s1. The highest BCUT2D eigenvalue weighted by molar-refractivity contribution is 6.30. The molecule has 2 saturated heterocycles. The van der Waals surface area contributed by atoms with Crippen molar-refractivity contribution in [1.29, 1.82) is 0 Å². The number of aromatic hydroxyl groups is 1. The Morgan fingerprint density at radius 2 is 2.26 bits per heavy atom. The molecule has 2 aliphatic heterocycles. The van der Waals surface area contributed by atoms with Gasteiger partial charge in [0.25, 0.3) is 0 Å². The Bertz CT molecular complexity index is 632. The first-order valence-corrected chi connectivity index (χ1v) is 8.30. The van der Waals surface area contributed by atoms with Crippen molar-refractivity contribution >= 4 is 23.6 Å². The van der Waals surface area contributed by atoms with Gasteiger partial charge >= 0.3 is 0 Å². The maximum Gasteiger partial charge on any atom is 0.238 e. The van der Waals surface area contributed by atoms with Gasteiger partial charge in [-0.3, -0.25) is 14.6 Å². The summed E-state index contributed by atoms with van der Waals surface area (Å²) in [7, 11) is 0. The quantitative estimate of drug-likeness (QED) is 0.880. The van der Waals surface area contributed by atoms with Crippen LogP contribution in [0.1, 0.15) is 12.5 Å². The van der Waals surface area contributed by atoms with Gasteiger partial charge < -0.3 is 10.4 Å². The summed E-state index contributed by atoms with van der Waals surface area (Å²) in [6.07, 6.45) is 1.95. The minimum Gasteiger partial charge on any atom is -0.507 e. The van der Waals surface area contributed by atoms with Gasteiger partial charge in [0.15, 0.2) is 0 Å². The second-order valence-corrected chi connectivity index (χ2v) is 6.71. The van der Waals surface area contributed by atoms with Crippen LogP contribution in [0.2, 0.25) is 5.02 Å². The Morgan fingerprint density at radius 3 is 3.09 bits per heavy atom. The zero-order valence-corrected chi connectivity index (χ0v) is 14.0. The fourth-order valence-corrected chi connectivity index (χ4v) is 3.46. The molecule has 1 amide bonds. The summed E-state index contributed by atoms with van der Waals surface area (Å²) in [5.74, 6) is 0.361. The van der Waals surface area contributed by atoms with E-state index in [-0.39, 0.29) is 17.7 Å². The number of carbonyl (C=O) groups is 1. The molecule has 6 heteroatoms. The number of fused-ring (bicyclic) bond motifs is 1. The molecular formula is C17H22ClN3O2. The number of rotatable bonds is 3. The highest BCUT2D eigenvalue weighted by Crippen LogP contribution is 2.24. The number of benzene rings is 1. The topological polar surface area (TPSA) is 55.8 Å². The van der Waals surface area contributed by atoms with Crippen LogP contribution in [0.4, 0.5) is 0 Å². The summed E-state index contributed by atoms with van der Waals surface area (Å²) in [4.78, 5) is 16.5. The lowest BCUT2D eigenvalue weighted by Crippen LogP contribution is -2.63. The third kappa shape index (κ3) is 3.86. The van der Waals surface area contributed by atoms with E-state index in [9.17, 15) is 9.90 Å². The van der Waals surface area contributed by atoms with Crippen molar-refractivity contribution in [1.82, 2.24) is 15.1 Å². The van der Waals surface area contributed by atoms with E-state index in [1.54, 1.807) is 18.2 Å². The van der Waals surface area contributed by atoms with Crippen molar-refractivity contribution in [3.8, 4) is 5.75 Å². The maximum atomic E-state index is 12.0. The Balaban J connectivity index is 1.66. The number of nitrogens with zero attached hydrogens (tertiary/aromatic N) is 2. The lowest BCUT2D eigenvalue weighted by atomic mass is 10.1. The van der Waals surface area contributed by atoms with E-state index in [4.69, 9.17) is 11.6 Å². The first-order chi connectivity index (χ1) is 11.0. The van der Waals surface area contributed by atoms with Gasteiger partial charge in [-0.05, 0) is 25.1 Å². The molecule has 0 aliphatic carbocycles. The van der Waals surface area contributed by atoms with E-state index in [0.29, 0.717) is 5.02 Å². The van der Waals surface area contributed by atoms with Gasteiger partial charge in [0.1, 0.15) is 11.8 Å². The van der Waals surface area contributed by atoms with Gasteiger partial charge in [0.05, 0.1) is 0 Å². The zero-order chi connectivity index (χ0) is 16.4. The van der Waals surface area contributed by atoms with Crippen LogP contribution in [0.25, 0.3) is 6.08 Å². The highest BCUT2D eigenvalue weighted by atomic mass is 35.5. The highest BCUT2D eigenvalue weighted by Gasteiger charge is 2.34. The number of carbonyl (C=O) groups excluding carboxylic acids is 1. The summed E-state index contributed by atoms with van der Waals surface area (Å²) in [6, 6.07) is 4.99. The van der Waals surface area contributed by atoms with Crippen LogP contribution < -0.4 is 5.32 Å². The minimum absolute atomic E-state index is 0.0372. The van der Waals surface area contributed by atoms with Gasteiger partial charge in [-0.1, -0.05) is 23.3 Å². The van der Waals surface area contributed by atoms with Gasteiger partial charge in [-0.25, -0.2) is 0 Å². The summed E-state index contributed by atoms with van der Waals surface area (Å²) in [6.45, 7) is 7.14. The molecule has 5 nitrogen and oxygen atoms in total. The predicted molar refractivity (Wildman–Crippen MR) is 91.6 cm³/mol. The van der Waals surface area contributed by atoms with Gasteiger partial charge in [0.2, 0.25) is 5.91 Å². The second kappa shape index (κ2) is 6.91. The molecule has 0 aromatic heterocycles. The summed E-state index contributed by atoms with van der Waals surface area (Å²) >= 11 is 5.98. The van der Waals surface area contributed by atoms with Crippen molar-refractivity contribution < 1.29 is 9.90 Å². The summed E-state index contributed by atoms with van der Waals surface area (Å²) < 4.78 is 0. The van der Waals surface area contributed by atoms with Crippen molar-refractivity contribution in [3.63, 3.8) is 0 Å². The van der Waals surface area contributed by atoms with E-state index >= 15 is 0 Å². The van der Waals surface area contributed by atoms with Gasteiger partial charge in [-0.2, -0.15) is 0 Å². The average Bonchev–Trinajstić information content (AvgIpc) is 2.52. The second-order valence-electron chi connectivity index (χ2n) is 6.27. The molecule has 0 spiro atoms. The van der Waals surface area contributed by atoms with Crippen LogP contribution in [0, 0.1) is 0 Å². The lowest BCUT2D eigenvalue weighted by molar-refractivity contribution is -0.131. The number of phenolic OH excluding ortho intramolecular Hbond substituents is 1. The number of nitrogens with one attached hydrogen (secondary N) is 1. The fourth-order valence-electron chi connectivity index (χ4n) is 3.28. The van der Waals surface area contributed by atoms with Crippen LogP contribution in [-0.2, 0) is 4.79 Å². The number of hydrogen-bond acceptors (Lipinski definition) is 4. The fraction of sp³-hybridized carbons (Fsp3) is 0.471. The average molecular weight is 336 g/mol. The first kappa shape index (κ1) is 16.3. The molecule has 124 valence electrons. The van der Waals surface area contributed by atoms with E-state index in [1.165, 1.54) is 0 Å². The van der Waals surface area contributed by atoms with Gasteiger partial charge in [-0.15, -0.1) is 0 Å².